The highest BCUT2D eigenvalue weighted by Gasteiger charge is 2.18. The Morgan fingerprint density at radius 1 is 1.29 bits per heavy atom. The summed E-state index contributed by atoms with van der Waals surface area (Å²) in [6, 6.07) is 4.67. The number of aryl methyl sites for hydroxylation is 1. The second kappa shape index (κ2) is 7.56. The summed E-state index contributed by atoms with van der Waals surface area (Å²) in [5, 5.41) is 2.89. The minimum Gasteiger partial charge on any atom is -0.350 e. The summed E-state index contributed by atoms with van der Waals surface area (Å²) in [5.74, 6) is -0.234. The molecule has 5 nitrogen and oxygen atoms in total. The van der Waals surface area contributed by atoms with Gasteiger partial charge in [-0.05, 0) is 38.0 Å². The van der Waals surface area contributed by atoms with Gasteiger partial charge in [-0.2, -0.15) is 0 Å². The predicted octanol–water partition coefficient (Wildman–Crippen LogP) is 2.21. The third kappa shape index (κ3) is 4.82. The Morgan fingerprint density at radius 2 is 1.95 bits per heavy atom. The minimum absolute atomic E-state index is 0.0657. The van der Waals surface area contributed by atoms with E-state index in [9.17, 15) is 13.2 Å². The Hall–Kier alpha value is -1.40. The highest BCUT2D eigenvalue weighted by atomic mass is 32.2. The third-order valence-electron chi connectivity index (χ3n) is 3.20. The number of nitrogens with one attached hydrogen (secondary N) is 2. The van der Waals surface area contributed by atoms with Crippen LogP contribution in [0.5, 0.6) is 0 Å². The lowest BCUT2D eigenvalue weighted by Gasteiger charge is -2.15. The quantitative estimate of drug-likeness (QED) is 0.810. The van der Waals surface area contributed by atoms with E-state index in [-0.39, 0.29) is 16.8 Å². The third-order valence-corrected chi connectivity index (χ3v) is 4.74. The number of hydrogen-bond acceptors (Lipinski definition) is 3. The van der Waals surface area contributed by atoms with Crippen molar-refractivity contribution in [3.8, 4) is 0 Å². The molecule has 0 aliphatic carbocycles. The number of hydrogen-bond donors (Lipinski definition) is 2. The number of amides is 1. The highest BCUT2D eigenvalue weighted by molar-refractivity contribution is 7.89. The fourth-order valence-electron chi connectivity index (χ4n) is 2.09. The molecule has 118 valence electrons. The molecular weight excluding hydrogens is 288 g/mol. The van der Waals surface area contributed by atoms with Crippen LogP contribution in [0.3, 0.4) is 0 Å². The number of sulfonamides is 1. The van der Waals surface area contributed by atoms with Gasteiger partial charge in [0, 0.05) is 18.2 Å². The first-order chi connectivity index (χ1) is 9.81. The molecule has 0 aromatic heterocycles. The van der Waals surface area contributed by atoms with E-state index >= 15 is 0 Å². The summed E-state index contributed by atoms with van der Waals surface area (Å²) in [6.07, 6.45) is 1.87. The summed E-state index contributed by atoms with van der Waals surface area (Å²) < 4.78 is 26.4. The molecule has 1 aromatic rings. The first-order valence-corrected chi connectivity index (χ1v) is 8.71. The molecule has 1 atom stereocenters. The standard InChI is InChI=1S/C15H24N2O3S/c1-5-7-12(4)17-15(18)14-10-13(9-8-11(14)3)21(19,20)16-6-2/h8-10,12,16H,5-7H2,1-4H3,(H,17,18)/t12-/m0/s1. The van der Waals surface area contributed by atoms with E-state index in [1.165, 1.54) is 12.1 Å². The van der Waals surface area contributed by atoms with Gasteiger partial charge in [-0.15, -0.1) is 0 Å². The maximum Gasteiger partial charge on any atom is 0.251 e. The lowest BCUT2D eigenvalue weighted by molar-refractivity contribution is 0.0937. The Morgan fingerprint density at radius 3 is 2.52 bits per heavy atom. The number of rotatable bonds is 7. The van der Waals surface area contributed by atoms with Gasteiger partial charge in [-0.3, -0.25) is 4.79 Å². The molecule has 1 aromatic carbocycles. The SMILES string of the molecule is CCC[C@H](C)NC(=O)c1cc(S(=O)(=O)NCC)ccc1C. The van der Waals surface area contributed by atoms with Crippen LogP contribution in [-0.4, -0.2) is 26.9 Å². The Bertz CT molecular complexity index is 597. The van der Waals surface area contributed by atoms with Gasteiger partial charge >= 0.3 is 0 Å². The van der Waals surface area contributed by atoms with E-state index in [2.05, 4.69) is 17.0 Å². The van der Waals surface area contributed by atoms with Crippen LogP contribution in [0.2, 0.25) is 0 Å². The Kier molecular flexibility index (Phi) is 6.36. The van der Waals surface area contributed by atoms with Gasteiger partial charge in [0.15, 0.2) is 0 Å². The Balaban J connectivity index is 3.05. The van der Waals surface area contributed by atoms with Crippen LogP contribution in [0.1, 0.15) is 49.5 Å². The van der Waals surface area contributed by atoms with Crippen molar-refractivity contribution in [1.29, 1.82) is 0 Å². The average Bonchev–Trinajstić information content (AvgIpc) is 2.38. The minimum atomic E-state index is -3.55. The van der Waals surface area contributed by atoms with E-state index in [1.807, 2.05) is 6.92 Å². The van der Waals surface area contributed by atoms with Gasteiger partial charge in [0.05, 0.1) is 4.90 Å². The maximum atomic E-state index is 12.3. The van der Waals surface area contributed by atoms with Crippen LogP contribution in [0.4, 0.5) is 0 Å². The summed E-state index contributed by atoms with van der Waals surface area (Å²) in [4.78, 5) is 12.4. The van der Waals surface area contributed by atoms with Gasteiger partial charge in [0.25, 0.3) is 5.91 Å². The first kappa shape index (κ1) is 17.7. The fraction of sp³-hybridized carbons (Fsp3) is 0.533. The van der Waals surface area contributed by atoms with Crippen molar-refractivity contribution in [2.24, 2.45) is 0 Å². The zero-order chi connectivity index (χ0) is 16.0. The van der Waals surface area contributed by atoms with Crippen LogP contribution in [0.25, 0.3) is 0 Å². The van der Waals surface area contributed by atoms with Gasteiger partial charge in [-0.25, -0.2) is 13.1 Å². The topological polar surface area (TPSA) is 75.3 Å². The second-order valence-corrected chi connectivity index (χ2v) is 6.91. The normalized spacial score (nSPS) is 13.0. The van der Waals surface area contributed by atoms with Gasteiger partial charge in [0.2, 0.25) is 10.0 Å². The summed E-state index contributed by atoms with van der Waals surface area (Å²) in [7, 11) is -3.55. The summed E-state index contributed by atoms with van der Waals surface area (Å²) in [6.45, 7) is 7.81. The monoisotopic (exact) mass is 312 g/mol. The molecule has 0 bridgehead atoms. The molecule has 1 amide bonds. The molecule has 21 heavy (non-hydrogen) atoms. The molecule has 0 aliphatic heterocycles. The van der Waals surface area contributed by atoms with E-state index in [4.69, 9.17) is 0 Å². The van der Waals surface area contributed by atoms with Crippen LogP contribution in [0.15, 0.2) is 23.1 Å². The van der Waals surface area contributed by atoms with Crippen molar-refractivity contribution in [1.82, 2.24) is 10.0 Å². The van der Waals surface area contributed by atoms with Crippen molar-refractivity contribution in [3.05, 3.63) is 29.3 Å². The Labute approximate surface area is 127 Å². The molecule has 0 spiro atoms. The van der Waals surface area contributed by atoms with E-state index in [0.717, 1.165) is 18.4 Å². The molecule has 0 heterocycles. The highest BCUT2D eigenvalue weighted by Crippen LogP contribution is 2.16. The van der Waals surface area contributed by atoms with E-state index in [1.54, 1.807) is 19.9 Å². The molecule has 0 saturated carbocycles. The molecular formula is C15H24N2O3S. The molecule has 1 rings (SSSR count). The summed E-state index contributed by atoms with van der Waals surface area (Å²) in [5.41, 5.74) is 1.16. The first-order valence-electron chi connectivity index (χ1n) is 7.23. The van der Waals surface area contributed by atoms with E-state index < -0.39 is 10.0 Å². The molecule has 0 radical (unpaired) electrons. The predicted molar refractivity (Wildman–Crippen MR) is 83.9 cm³/mol. The largest absolute Gasteiger partial charge is 0.350 e. The van der Waals surface area contributed by atoms with Crippen LogP contribution in [-0.2, 0) is 10.0 Å². The van der Waals surface area contributed by atoms with Gasteiger partial charge in [-0.1, -0.05) is 26.3 Å². The van der Waals surface area contributed by atoms with Crippen LogP contribution >= 0.6 is 0 Å². The molecule has 0 saturated heterocycles. The smallest absolute Gasteiger partial charge is 0.251 e. The number of carbonyl (C=O) groups excluding carboxylic acids is 1. The zero-order valence-electron chi connectivity index (χ0n) is 13.1. The van der Waals surface area contributed by atoms with Crippen LogP contribution in [0, 0.1) is 6.92 Å². The van der Waals surface area contributed by atoms with Gasteiger partial charge in [0.1, 0.15) is 0 Å². The molecule has 0 fully saturated rings. The van der Waals surface area contributed by atoms with Crippen molar-refractivity contribution in [3.63, 3.8) is 0 Å². The lowest BCUT2D eigenvalue weighted by Crippen LogP contribution is -2.33. The zero-order valence-corrected chi connectivity index (χ0v) is 13.9. The fourth-order valence-corrected chi connectivity index (χ4v) is 3.16. The second-order valence-electron chi connectivity index (χ2n) is 5.14. The maximum absolute atomic E-state index is 12.3. The molecule has 2 N–H and O–H groups in total. The lowest BCUT2D eigenvalue weighted by atomic mass is 10.1. The van der Waals surface area contributed by atoms with Crippen molar-refractivity contribution < 1.29 is 13.2 Å². The molecule has 0 aliphatic rings. The molecule has 6 heteroatoms. The average molecular weight is 312 g/mol. The number of benzene rings is 1. The van der Waals surface area contributed by atoms with E-state index in [0.29, 0.717) is 12.1 Å². The van der Waals surface area contributed by atoms with Crippen molar-refractivity contribution in [2.75, 3.05) is 6.54 Å². The van der Waals surface area contributed by atoms with Crippen molar-refractivity contribution in [2.45, 2.75) is 51.5 Å². The summed E-state index contributed by atoms with van der Waals surface area (Å²) >= 11 is 0. The van der Waals surface area contributed by atoms with Crippen LogP contribution < -0.4 is 10.0 Å². The molecule has 0 unspecified atom stereocenters. The van der Waals surface area contributed by atoms with Gasteiger partial charge < -0.3 is 5.32 Å². The van der Waals surface area contributed by atoms with Crippen molar-refractivity contribution >= 4 is 15.9 Å². The number of carbonyl (C=O) groups is 1.